The number of aromatic nitrogens is 2. The maximum absolute atomic E-state index is 12.1. The van der Waals surface area contributed by atoms with Crippen LogP contribution in [0.5, 0.6) is 0 Å². The zero-order valence-electron chi connectivity index (χ0n) is 9.96. The van der Waals surface area contributed by atoms with Crippen LogP contribution in [0.25, 0.3) is 0 Å². The predicted molar refractivity (Wildman–Crippen MR) is 64.5 cm³/mol. The number of hydrogen-bond donors (Lipinski definition) is 1. The molecular weight excluding hydrogens is 218 g/mol. The number of rotatable bonds is 1. The summed E-state index contributed by atoms with van der Waals surface area (Å²) in [6, 6.07) is 3.23. The third-order valence-electron chi connectivity index (χ3n) is 2.91. The summed E-state index contributed by atoms with van der Waals surface area (Å²) in [5.41, 5.74) is 5.81. The van der Waals surface area contributed by atoms with Crippen molar-refractivity contribution in [3.8, 4) is 0 Å². The van der Waals surface area contributed by atoms with Gasteiger partial charge in [0.1, 0.15) is 5.82 Å². The van der Waals surface area contributed by atoms with Crippen molar-refractivity contribution in [2.45, 2.75) is 6.42 Å². The lowest BCUT2D eigenvalue weighted by Gasteiger charge is -2.19. The molecule has 17 heavy (non-hydrogen) atoms. The van der Waals surface area contributed by atoms with E-state index < -0.39 is 0 Å². The topological polar surface area (TPSA) is 75.3 Å². The number of nitrogens with two attached hydrogens (primary N) is 1. The molecule has 1 amide bonds. The van der Waals surface area contributed by atoms with E-state index in [0.717, 1.165) is 32.6 Å². The van der Waals surface area contributed by atoms with Crippen LogP contribution in [0.15, 0.2) is 12.1 Å². The Bertz CT molecular complexity index is 391. The summed E-state index contributed by atoms with van der Waals surface area (Å²) >= 11 is 0. The molecule has 0 saturated carbocycles. The number of likely N-dealkylation sites (N-methyl/N-ethyl adjacent to an activating group) is 1. The monoisotopic (exact) mass is 235 g/mol. The molecule has 1 aromatic rings. The summed E-state index contributed by atoms with van der Waals surface area (Å²) in [7, 11) is 2.07. The first-order chi connectivity index (χ1) is 8.16. The third kappa shape index (κ3) is 2.91. The van der Waals surface area contributed by atoms with Crippen molar-refractivity contribution in [3.05, 3.63) is 17.8 Å². The van der Waals surface area contributed by atoms with E-state index in [2.05, 4.69) is 22.1 Å². The highest BCUT2D eigenvalue weighted by atomic mass is 16.2. The maximum Gasteiger partial charge on any atom is 0.274 e. The number of amides is 1. The Hall–Kier alpha value is -1.69. The summed E-state index contributed by atoms with van der Waals surface area (Å²) in [5, 5.41) is 7.53. The van der Waals surface area contributed by atoms with Crippen molar-refractivity contribution in [2.24, 2.45) is 0 Å². The lowest BCUT2D eigenvalue weighted by atomic mass is 10.3. The standard InChI is InChI=1S/C11H17N5O/c1-15-5-2-6-16(8-7-15)11(17)9-3-4-10(12)14-13-9/h3-4H,2,5-8H2,1H3,(H2,12,14). The number of carbonyl (C=O) groups excluding carboxylic acids is 1. The fourth-order valence-electron chi connectivity index (χ4n) is 1.87. The second kappa shape index (κ2) is 5.09. The summed E-state index contributed by atoms with van der Waals surface area (Å²) in [6.45, 7) is 3.43. The molecule has 2 rings (SSSR count). The molecule has 1 aliphatic heterocycles. The third-order valence-corrected chi connectivity index (χ3v) is 2.91. The van der Waals surface area contributed by atoms with Crippen LogP contribution in [-0.4, -0.2) is 59.1 Å². The first-order valence-electron chi connectivity index (χ1n) is 5.74. The fraction of sp³-hybridized carbons (Fsp3) is 0.545. The van der Waals surface area contributed by atoms with Crippen molar-refractivity contribution in [1.29, 1.82) is 0 Å². The van der Waals surface area contributed by atoms with E-state index in [0.29, 0.717) is 11.5 Å². The predicted octanol–water partition coefficient (Wildman–Crippen LogP) is -0.163. The van der Waals surface area contributed by atoms with Gasteiger partial charge >= 0.3 is 0 Å². The van der Waals surface area contributed by atoms with Gasteiger partial charge in [0.05, 0.1) is 0 Å². The van der Waals surface area contributed by atoms with E-state index in [9.17, 15) is 4.79 Å². The van der Waals surface area contributed by atoms with Crippen molar-refractivity contribution >= 4 is 11.7 Å². The van der Waals surface area contributed by atoms with Crippen molar-refractivity contribution in [3.63, 3.8) is 0 Å². The Kier molecular flexibility index (Phi) is 3.53. The number of hydrogen-bond acceptors (Lipinski definition) is 5. The molecule has 2 N–H and O–H groups in total. The molecule has 1 saturated heterocycles. The van der Waals surface area contributed by atoms with Gasteiger partial charge in [0, 0.05) is 19.6 Å². The Morgan fingerprint density at radius 3 is 2.76 bits per heavy atom. The minimum Gasteiger partial charge on any atom is -0.382 e. The Labute approximate surface area is 100 Å². The second-order valence-electron chi connectivity index (χ2n) is 4.29. The molecule has 6 heteroatoms. The lowest BCUT2D eigenvalue weighted by Crippen LogP contribution is -2.35. The lowest BCUT2D eigenvalue weighted by molar-refractivity contribution is 0.0756. The Morgan fingerprint density at radius 2 is 2.06 bits per heavy atom. The molecule has 0 aliphatic carbocycles. The summed E-state index contributed by atoms with van der Waals surface area (Å²) in [6.07, 6.45) is 0.991. The average Bonchev–Trinajstić information content (AvgIpc) is 2.54. The smallest absolute Gasteiger partial charge is 0.274 e. The van der Waals surface area contributed by atoms with E-state index in [1.807, 2.05) is 4.90 Å². The second-order valence-corrected chi connectivity index (χ2v) is 4.29. The number of carbonyl (C=O) groups is 1. The molecule has 0 atom stereocenters. The van der Waals surface area contributed by atoms with Crippen LogP contribution in [0.1, 0.15) is 16.9 Å². The summed E-state index contributed by atoms with van der Waals surface area (Å²) < 4.78 is 0. The van der Waals surface area contributed by atoms with Crippen molar-refractivity contribution in [2.75, 3.05) is 39.0 Å². The van der Waals surface area contributed by atoms with Crippen LogP contribution < -0.4 is 5.73 Å². The van der Waals surface area contributed by atoms with Gasteiger partial charge in [0.25, 0.3) is 5.91 Å². The van der Waals surface area contributed by atoms with Crippen LogP contribution in [0.3, 0.4) is 0 Å². The first kappa shape index (κ1) is 11.8. The highest BCUT2D eigenvalue weighted by molar-refractivity contribution is 5.92. The van der Waals surface area contributed by atoms with Gasteiger partial charge in [-0.25, -0.2) is 0 Å². The van der Waals surface area contributed by atoms with E-state index in [1.54, 1.807) is 12.1 Å². The van der Waals surface area contributed by atoms with Crippen LogP contribution in [-0.2, 0) is 0 Å². The number of anilines is 1. The van der Waals surface area contributed by atoms with Crippen LogP contribution in [0.2, 0.25) is 0 Å². The maximum atomic E-state index is 12.1. The SMILES string of the molecule is CN1CCCN(C(=O)c2ccc(N)nn2)CC1. The highest BCUT2D eigenvalue weighted by Crippen LogP contribution is 2.07. The normalized spacial score (nSPS) is 17.8. The van der Waals surface area contributed by atoms with Gasteiger partial charge in [-0.05, 0) is 32.1 Å². The minimum atomic E-state index is -0.0622. The van der Waals surface area contributed by atoms with Gasteiger partial charge in [0.2, 0.25) is 0 Å². The zero-order chi connectivity index (χ0) is 12.3. The van der Waals surface area contributed by atoms with Gasteiger partial charge in [-0.1, -0.05) is 0 Å². The largest absolute Gasteiger partial charge is 0.382 e. The van der Waals surface area contributed by atoms with Crippen LogP contribution >= 0.6 is 0 Å². The first-order valence-corrected chi connectivity index (χ1v) is 5.74. The van der Waals surface area contributed by atoms with Gasteiger partial charge in [-0.3, -0.25) is 4.79 Å². The Morgan fingerprint density at radius 1 is 1.24 bits per heavy atom. The highest BCUT2D eigenvalue weighted by Gasteiger charge is 2.19. The van der Waals surface area contributed by atoms with Gasteiger partial charge in [-0.15, -0.1) is 10.2 Å². The van der Waals surface area contributed by atoms with E-state index in [1.165, 1.54) is 0 Å². The Balaban J connectivity index is 2.06. The van der Waals surface area contributed by atoms with Gasteiger partial charge in [-0.2, -0.15) is 0 Å². The molecule has 0 bridgehead atoms. The fourth-order valence-corrected chi connectivity index (χ4v) is 1.87. The molecule has 6 nitrogen and oxygen atoms in total. The molecular formula is C11H17N5O. The molecule has 92 valence electrons. The minimum absolute atomic E-state index is 0.0622. The van der Waals surface area contributed by atoms with Crippen LogP contribution in [0.4, 0.5) is 5.82 Å². The molecule has 1 fully saturated rings. The average molecular weight is 235 g/mol. The molecule has 2 heterocycles. The molecule has 0 aromatic carbocycles. The van der Waals surface area contributed by atoms with Crippen molar-refractivity contribution in [1.82, 2.24) is 20.0 Å². The molecule has 0 radical (unpaired) electrons. The zero-order valence-corrected chi connectivity index (χ0v) is 9.96. The molecule has 0 spiro atoms. The number of nitrogen functional groups attached to an aromatic ring is 1. The van der Waals surface area contributed by atoms with Crippen LogP contribution in [0, 0.1) is 0 Å². The summed E-state index contributed by atoms with van der Waals surface area (Å²) in [5.74, 6) is 0.268. The number of nitrogens with zero attached hydrogens (tertiary/aromatic N) is 4. The molecule has 1 aliphatic rings. The van der Waals surface area contributed by atoms with E-state index >= 15 is 0 Å². The van der Waals surface area contributed by atoms with E-state index in [4.69, 9.17) is 5.73 Å². The summed E-state index contributed by atoms with van der Waals surface area (Å²) in [4.78, 5) is 16.2. The quantitative estimate of drug-likeness (QED) is 0.732. The molecule has 1 aromatic heterocycles. The van der Waals surface area contributed by atoms with Gasteiger partial charge < -0.3 is 15.5 Å². The van der Waals surface area contributed by atoms with Crippen molar-refractivity contribution < 1.29 is 4.79 Å². The van der Waals surface area contributed by atoms with Gasteiger partial charge in [0.15, 0.2) is 5.69 Å². The molecule has 0 unspecified atom stereocenters. The van der Waals surface area contributed by atoms with E-state index in [-0.39, 0.29) is 5.91 Å².